The van der Waals surface area contributed by atoms with E-state index in [9.17, 15) is 0 Å². The summed E-state index contributed by atoms with van der Waals surface area (Å²) in [7, 11) is 0. The fraction of sp³-hybridized carbons (Fsp3) is 0.818. The second kappa shape index (κ2) is 3.97. The maximum Gasteiger partial charge on any atom is 0.315 e. The van der Waals surface area contributed by atoms with Crippen LogP contribution in [0, 0.1) is 11.8 Å². The second-order valence-corrected chi connectivity index (χ2v) is 4.26. The molecule has 0 N–H and O–H groups in total. The molecule has 0 spiro atoms. The molecule has 2 rings (SSSR count). The Morgan fingerprint density at radius 3 is 2.69 bits per heavy atom. The van der Waals surface area contributed by atoms with Crippen molar-refractivity contribution < 1.29 is 4.79 Å². The summed E-state index contributed by atoms with van der Waals surface area (Å²) in [5.74, 6) is 2.21. The highest BCUT2D eigenvalue weighted by Crippen LogP contribution is 2.38. The maximum absolute atomic E-state index is 8.93. The van der Waals surface area contributed by atoms with Crippen molar-refractivity contribution in [2.75, 3.05) is 0 Å². The van der Waals surface area contributed by atoms with E-state index in [0.717, 1.165) is 12.1 Å². The summed E-state index contributed by atoms with van der Waals surface area (Å²) in [6.07, 6.45) is 9.98. The molecule has 2 aliphatic rings. The number of fused-ring (bicyclic) bond motifs is 1. The van der Waals surface area contributed by atoms with Gasteiger partial charge in [-0.15, -0.1) is 0 Å². The molecular formula is C11H17N2+. The van der Waals surface area contributed by atoms with E-state index in [2.05, 4.69) is 4.79 Å². The fourth-order valence-electron chi connectivity index (χ4n) is 2.73. The topological polar surface area (TPSA) is 36.4 Å². The number of nitrogens with zero attached hydrogens (tertiary/aromatic N) is 2. The SMILES string of the molecule is [N-]=[N+]=C1CCCC[C+]2CCCCC12. The Morgan fingerprint density at radius 2 is 1.92 bits per heavy atom. The van der Waals surface area contributed by atoms with Gasteiger partial charge in [-0.05, 0) is 25.7 Å². The second-order valence-electron chi connectivity index (χ2n) is 4.26. The van der Waals surface area contributed by atoms with Crippen molar-refractivity contribution in [3.63, 3.8) is 0 Å². The number of rotatable bonds is 0. The van der Waals surface area contributed by atoms with Gasteiger partial charge >= 0.3 is 5.71 Å². The van der Waals surface area contributed by atoms with Crippen LogP contribution < -0.4 is 0 Å². The van der Waals surface area contributed by atoms with Crippen molar-refractivity contribution in [1.29, 1.82) is 0 Å². The van der Waals surface area contributed by atoms with E-state index in [1.165, 1.54) is 44.9 Å². The first-order valence-electron chi connectivity index (χ1n) is 5.47. The summed E-state index contributed by atoms with van der Waals surface area (Å²) in [5.41, 5.74) is 9.99. The highest BCUT2D eigenvalue weighted by atomic mass is 14.9. The lowest BCUT2D eigenvalue weighted by Gasteiger charge is -2.16. The van der Waals surface area contributed by atoms with Crippen LogP contribution in [0.3, 0.4) is 0 Å². The molecule has 13 heavy (non-hydrogen) atoms. The Hall–Kier alpha value is -0.750. The largest absolute Gasteiger partial charge is 0.361 e. The summed E-state index contributed by atoms with van der Waals surface area (Å²) in [5, 5.41) is 0. The normalized spacial score (nSPS) is 29.1. The molecule has 0 aromatic carbocycles. The predicted octanol–water partition coefficient (Wildman–Crippen LogP) is 3.00. The van der Waals surface area contributed by atoms with Crippen molar-refractivity contribution in [2.24, 2.45) is 5.92 Å². The molecule has 0 amide bonds. The average Bonchev–Trinajstić information content (AvgIpc) is 2.39. The van der Waals surface area contributed by atoms with Crippen molar-refractivity contribution in [3.8, 4) is 0 Å². The Labute approximate surface area is 80.0 Å². The lowest BCUT2D eigenvalue weighted by atomic mass is 9.76. The Balaban J connectivity index is 2.16. The average molecular weight is 177 g/mol. The van der Waals surface area contributed by atoms with Crippen LogP contribution in [-0.2, 0) is 0 Å². The molecular weight excluding hydrogens is 160 g/mol. The molecule has 0 aromatic rings. The van der Waals surface area contributed by atoms with Crippen molar-refractivity contribution >= 4 is 5.71 Å². The van der Waals surface area contributed by atoms with Gasteiger partial charge in [-0.3, -0.25) is 0 Å². The third-order valence-corrected chi connectivity index (χ3v) is 3.44. The molecule has 2 fully saturated rings. The minimum Gasteiger partial charge on any atom is -0.361 e. The first-order chi connectivity index (χ1) is 6.42. The van der Waals surface area contributed by atoms with Gasteiger partial charge in [0.15, 0.2) is 5.92 Å². The van der Waals surface area contributed by atoms with Gasteiger partial charge in [-0.2, -0.15) is 4.79 Å². The fourth-order valence-corrected chi connectivity index (χ4v) is 2.73. The first-order valence-corrected chi connectivity index (χ1v) is 5.47. The van der Waals surface area contributed by atoms with Crippen molar-refractivity contribution in [3.05, 3.63) is 11.4 Å². The summed E-state index contributed by atoms with van der Waals surface area (Å²) in [6, 6.07) is 0. The molecule has 0 radical (unpaired) electrons. The Kier molecular flexibility index (Phi) is 2.70. The van der Waals surface area contributed by atoms with Gasteiger partial charge < -0.3 is 5.53 Å². The maximum atomic E-state index is 8.93. The molecule has 0 saturated heterocycles. The van der Waals surface area contributed by atoms with E-state index in [-0.39, 0.29) is 0 Å². The zero-order valence-electron chi connectivity index (χ0n) is 8.13. The molecule has 1 unspecified atom stereocenters. The van der Waals surface area contributed by atoms with E-state index in [1.807, 2.05) is 0 Å². The van der Waals surface area contributed by atoms with E-state index in [4.69, 9.17) is 5.53 Å². The van der Waals surface area contributed by atoms with E-state index in [0.29, 0.717) is 5.92 Å². The molecule has 70 valence electrons. The summed E-state index contributed by atoms with van der Waals surface area (Å²) < 4.78 is 0. The van der Waals surface area contributed by atoms with Gasteiger partial charge in [-0.1, -0.05) is 0 Å². The standard InChI is InChI=1S/C11H17N2/c12-13-11-8-4-2-6-9-5-1-3-7-10(9)11/h10H,1-8H2/q+1. The van der Waals surface area contributed by atoms with Gasteiger partial charge in [0.05, 0.1) is 19.3 Å². The molecule has 2 nitrogen and oxygen atoms in total. The molecule has 0 aromatic heterocycles. The van der Waals surface area contributed by atoms with Crippen LogP contribution in [0.5, 0.6) is 0 Å². The van der Waals surface area contributed by atoms with Crippen LogP contribution >= 0.6 is 0 Å². The highest BCUT2D eigenvalue weighted by molar-refractivity contribution is 5.84. The van der Waals surface area contributed by atoms with Gasteiger partial charge in [0.1, 0.15) is 5.92 Å². The van der Waals surface area contributed by atoms with E-state index >= 15 is 0 Å². The van der Waals surface area contributed by atoms with E-state index in [1.54, 1.807) is 5.92 Å². The third kappa shape index (κ3) is 1.78. The minimum absolute atomic E-state index is 0.543. The Morgan fingerprint density at radius 1 is 1.15 bits per heavy atom. The van der Waals surface area contributed by atoms with Crippen molar-refractivity contribution in [2.45, 2.75) is 51.4 Å². The highest BCUT2D eigenvalue weighted by Gasteiger charge is 2.44. The molecule has 0 bridgehead atoms. The van der Waals surface area contributed by atoms with Crippen LogP contribution in [0.2, 0.25) is 0 Å². The quantitative estimate of drug-likeness (QED) is 0.310. The molecule has 2 aliphatic carbocycles. The van der Waals surface area contributed by atoms with Crippen molar-refractivity contribution in [1.82, 2.24) is 0 Å². The zero-order chi connectivity index (χ0) is 9.10. The predicted molar refractivity (Wildman–Crippen MR) is 52.3 cm³/mol. The van der Waals surface area contributed by atoms with Gasteiger partial charge in [-0.25, -0.2) is 0 Å². The van der Waals surface area contributed by atoms with E-state index < -0.39 is 0 Å². The summed E-state index contributed by atoms with van der Waals surface area (Å²) in [4.78, 5) is 3.49. The minimum atomic E-state index is 0.543. The smallest absolute Gasteiger partial charge is 0.315 e. The van der Waals surface area contributed by atoms with Crippen LogP contribution in [0.1, 0.15) is 51.4 Å². The third-order valence-electron chi connectivity index (χ3n) is 3.44. The molecule has 0 heterocycles. The summed E-state index contributed by atoms with van der Waals surface area (Å²) in [6.45, 7) is 0. The first kappa shape index (κ1) is 8.83. The number of hydrogen-bond acceptors (Lipinski definition) is 0. The lowest BCUT2D eigenvalue weighted by Crippen LogP contribution is -2.24. The van der Waals surface area contributed by atoms with Crippen LogP contribution in [-0.4, -0.2) is 10.5 Å². The van der Waals surface area contributed by atoms with Crippen LogP contribution in [0.4, 0.5) is 0 Å². The lowest BCUT2D eigenvalue weighted by molar-refractivity contribution is -0.0163. The van der Waals surface area contributed by atoms with Gasteiger partial charge in [0.25, 0.3) is 0 Å². The Bertz CT molecular complexity index is 228. The van der Waals surface area contributed by atoms with Gasteiger partial charge in [0, 0.05) is 6.42 Å². The monoisotopic (exact) mass is 177 g/mol. The van der Waals surface area contributed by atoms with Gasteiger partial charge in [0.2, 0.25) is 0 Å². The number of hydrogen-bond donors (Lipinski definition) is 0. The zero-order valence-corrected chi connectivity index (χ0v) is 8.13. The summed E-state index contributed by atoms with van der Waals surface area (Å²) >= 11 is 0. The van der Waals surface area contributed by atoms with Crippen LogP contribution in [0.25, 0.3) is 5.53 Å². The molecule has 1 atom stereocenters. The molecule has 2 heteroatoms. The molecule has 0 aliphatic heterocycles. The van der Waals surface area contributed by atoms with Crippen LogP contribution in [0.15, 0.2) is 0 Å². The molecule has 2 saturated carbocycles.